The molecule has 0 N–H and O–H groups in total. The standard InChI is InChI=1S/C13H12.C2H6/c1-2-5-11-8-9-12-6-3-4-7-13(12)10-11;1-2/h2-10H,1H3;1-2H3/b5-2+;. The van der Waals surface area contributed by atoms with Crippen LogP contribution >= 0.6 is 0 Å². The molecule has 0 heterocycles. The lowest BCUT2D eigenvalue weighted by atomic mass is 10.1. The number of benzene rings is 2. The number of fused-ring (bicyclic) bond motifs is 1. The van der Waals surface area contributed by atoms with Gasteiger partial charge in [-0.25, -0.2) is 0 Å². The normalized spacial score (nSPS) is 10.1. The highest BCUT2D eigenvalue weighted by Crippen LogP contribution is 2.16. The molecule has 0 bridgehead atoms. The van der Waals surface area contributed by atoms with Crippen LogP contribution in [0.2, 0.25) is 0 Å². The molecular formula is C15H18. The molecule has 2 aromatic rings. The lowest BCUT2D eigenvalue weighted by Gasteiger charge is -1.98. The summed E-state index contributed by atoms with van der Waals surface area (Å²) in [4.78, 5) is 0. The van der Waals surface area contributed by atoms with Crippen LogP contribution in [0.25, 0.3) is 16.8 Å². The second-order valence-corrected chi connectivity index (χ2v) is 3.11. The Hall–Kier alpha value is -1.56. The summed E-state index contributed by atoms with van der Waals surface area (Å²) < 4.78 is 0. The van der Waals surface area contributed by atoms with Gasteiger partial charge in [-0.05, 0) is 29.3 Å². The first-order valence-corrected chi connectivity index (χ1v) is 5.51. The van der Waals surface area contributed by atoms with Crippen molar-refractivity contribution in [3.05, 3.63) is 54.1 Å². The second-order valence-electron chi connectivity index (χ2n) is 3.11. The molecule has 78 valence electrons. The molecule has 0 spiro atoms. The fourth-order valence-electron chi connectivity index (χ4n) is 1.50. The summed E-state index contributed by atoms with van der Waals surface area (Å²) >= 11 is 0. The fourth-order valence-corrected chi connectivity index (χ4v) is 1.50. The van der Waals surface area contributed by atoms with Gasteiger partial charge in [-0.2, -0.15) is 0 Å². The first-order chi connectivity index (χ1) is 7.40. The largest absolute Gasteiger partial charge is 0.0871 e. The first-order valence-electron chi connectivity index (χ1n) is 5.51. The van der Waals surface area contributed by atoms with E-state index in [9.17, 15) is 0 Å². The molecule has 15 heavy (non-hydrogen) atoms. The predicted octanol–water partition coefficient (Wildman–Crippen LogP) is 4.90. The quantitative estimate of drug-likeness (QED) is 0.611. The summed E-state index contributed by atoms with van der Waals surface area (Å²) in [6.45, 7) is 6.04. The van der Waals surface area contributed by atoms with Crippen molar-refractivity contribution in [2.45, 2.75) is 20.8 Å². The van der Waals surface area contributed by atoms with Gasteiger partial charge in [0, 0.05) is 0 Å². The molecule has 0 aliphatic heterocycles. The van der Waals surface area contributed by atoms with E-state index >= 15 is 0 Å². The minimum Gasteiger partial charge on any atom is -0.0871 e. The Balaban J connectivity index is 0.000000531. The minimum atomic E-state index is 1.27. The maximum absolute atomic E-state index is 2.20. The predicted molar refractivity (Wildman–Crippen MR) is 70.0 cm³/mol. The maximum Gasteiger partial charge on any atom is -0.0178 e. The summed E-state index contributed by atoms with van der Waals surface area (Å²) in [6.07, 6.45) is 4.18. The zero-order valence-electron chi connectivity index (χ0n) is 9.70. The topological polar surface area (TPSA) is 0 Å². The fraction of sp³-hybridized carbons (Fsp3) is 0.200. The Morgan fingerprint density at radius 1 is 0.867 bits per heavy atom. The summed E-state index contributed by atoms with van der Waals surface area (Å²) in [7, 11) is 0. The van der Waals surface area contributed by atoms with Crippen LogP contribution in [0.15, 0.2) is 48.5 Å². The highest BCUT2D eigenvalue weighted by molar-refractivity contribution is 5.84. The second kappa shape index (κ2) is 6.02. The molecule has 2 rings (SSSR count). The highest BCUT2D eigenvalue weighted by Gasteiger charge is 1.91. The minimum absolute atomic E-state index is 1.27. The smallest absolute Gasteiger partial charge is 0.0178 e. The number of rotatable bonds is 1. The maximum atomic E-state index is 2.20. The summed E-state index contributed by atoms with van der Waals surface area (Å²) in [5.41, 5.74) is 1.27. The molecule has 0 aliphatic rings. The number of hydrogen-bond acceptors (Lipinski definition) is 0. The van der Waals surface area contributed by atoms with E-state index in [4.69, 9.17) is 0 Å². The van der Waals surface area contributed by atoms with E-state index in [-0.39, 0.29) is 0 Å². The number of allylic oxidation sites excluding steroid dienone is 1. The van der Waals surface area contributed by atoms with Crippen molar-refractivity contribution in [1.29, 1.82) is 0 Å². The molecule has 0 nitrogen and oxygen atoms in total. The van der Waals surface area contributed by atoms with E-state index in [0.29, 0.717) is 0 Å². The molecule has 0 aromatic heterocycles. The molecule has 0 unspecified atom stereocenters. The Kier molecular flexibility index (Phi) is 4.62. The lowest BCUT2D eigenvalue weighted by molar-refractivity contribution is 1.50. The van der Waals surface area contributed by atoms with Crippen molar-refractivity contribution in [2.24, 2.45) is 0 Å². The molecule has 0 saturated heterocycles. The van der Waals surface area contributed by atoms with Gasteiger partial charge in [-0.1, -0.05) is 62.4 Å². The van der Waals surface area contributed by atoms with E-state index in [1.807, 2.05) is 20.8 Å². The van der Waals surface area contributed by atoms with E-state index in [1.54, 1.807) is 0 Å². The van der Waals surface area contributed by atoms with E-state index in [0.717, 1.165) is 0 Å². The molecular weight excluding hydrogens is 180 g/mol. The summed E-state index contributed by atoms with van der Waals surface area (Å²) in [5, 5.41) is 2.61. The van der Waals surface area contributed by atoms with Gasteiger partial charge in [0.25, 0.3) is 0 Å². The van der Waals surface area contributed by atoms with Crippen molar-refractivity contribution in [2.75, 3.05) is 0 Å². The zero-order valence-corrected chi connectivity index (χ0v) is 9.70. The summed E-state index contributed by atoms with van der Waals surface area (Å²) in [5.74, 6) is 0. The van der Waals surface area contributed by atoms with Gasteiger partial charge < -0.3 is 0 Å². The molecule has 0 heteroatoms. The monoisotopic (exact) mass is 198 g/mol. The first kappa shape index (κ1) is 11.5. The van der Waals surface area contributed by atoms with Gasteiger partial charge in [0.2, 0.25) is 0 Å². The van der Waals surface area contributed by atoms with Gasteiger partial charge in [0.05, 0.1) is 0 Å². The molecule has 0 atom stereocenters. The average Bonchev–Trinajstić information content (AvgIpc) is 2.32. The van der Waals surface area contributed by atoms with Crippen LogP contribution in [-0.4, -0.2) is 0 Å². The van der Waals surface area contributed by atoms with Crippen LogP contribution in [0.1, 0.15) is 26.3 Å². The molecule has 0 amide bonds. The SMILES string of the molecule is C/C=C/c1ccc2ccccc2c1.CC. The van der Waals surface area contributed by atoms with Crippen molar-refractivity contribution in [3.63, 3.8) is 0 Å². The van der Waals surface area contributed by atoms with Crippen LogP contribution in [-0.2, 0) is 0 Å². The van der Waals surface area contributed by atoms with Crippen molar-refractivity contribution >= 4 is 16.8 Å². The number of hydrogen-bond donors (Lipinski definition) is 0. The Bertz CT molecular complexity index is 438. The third-order valence-electron chi connectivity index (χ3n) is 2.13. The molecule has 0 radical (unpaired) electrons. The van der Waals surface area contributed by atoms with Gasteiger partial charge >= 0.3 is 0 Å². The van der Waals surface area contributed by atoms with Gasteiger partial charge in [0.1, 0.15) is 0 Å². The lowest BCUT2D eigenvalue weighted by Crippen LogP contribution is -1.74. The van der Waals surface area contributed by atoms with E-state index in [2.05, 4.69) is 54.6 Å². The highest BCUT2D eigenvalue weighted by atomic mass is 14.0. The van der Waals surface area contributed by atoms with Gasteiger partial charge in [-0.15, -0.1) is 0 Å². The summed E-state index contributed by atoms with van der Waals surface area (Å²) in [6, 6.07) is 14.9. The molecule has 0 saturated carbocycles. The molecule has 0 fully saturated rings. The van der Waals surface area contributed by atoms with Gasteiger partial charge in [-0.3, -0.25) is 0 Å². The molecule has 2 aromatic carbocycles. The van der Waals surface area contributed by atoms with Crippen LogP contribution < -0.4 is 0 Å². The zero-order chi connectivity index (χ0) is 11.1. The third kappa shape index (κ3) is 2.95. The van der Waals surface area contributed by atoms with Crippen molar-refractivity contribution < 1.29 is 0 Å². The van der Waals surface area contributed by atoms with E-state index < -0.39 is 0 Å². The van der Waals surface area contributed by atoms with Gasteiger partial charge in [0.15, 0.2) is 0 Å². The Labute approximate surface area is 92.3 Å². The van der Waals surface area contributed by atoms with E-state index in [1.165, 1.54) is 16.3 Å². The Morgan fingerprint density at radius 2 is 1.53 bits per heavy atom. The van der Waals surface area contributed by atoms with Crippen LogP contribution in [0.5, 0.6) is 0 Å². The van der Waals surface area contributed by atoms with Crippen LogP contribution in [0, 0.1) is 0 Å². The van der Waals surface area contributed by atoms with Crippen molar-refractivity contribution in [3.8, 4) is 0 Å². The third-order valence-corrected chi connectivity index (χ3v) is 2.13. The molecule has 0 aliphatic carbocycles. The van der Waals surface area contributed by atoms with Crippen LogP contribution in [0.4, 0.5) is 0 Å². The average molecular weight is 198 g/mol. The van der Waals surface area contributed by atoms with Crippen molar-refractivity contribution in [1.82, 2.24) is 0 Å². The van der Waals surface area contributed by atoms with Crippen LogP contribution in [0.3, 0.4) is 0 Å². The Morgan fingerprint density at radius 3 is 2.20 bits per heavy atom.